The first-order valence-corrected chi connectivity index (χ1v) is 11.0. The number of nitrogens with zero attached hydrogens (tertiary/aromatic N) is 2. The molecule has 1 amide bonds. The highest BCUT2D eigenvalue weighted by atomic mass is 35.5. The topological polar surface area (TPSA) is 60.9 Å². The maximum Gasteiger partial charge on any atom is 0.269 e. The second-order valence-corrected chi connectivity index (χ2v) is 9.04. The van der Waals surface area contributed by atoms with E-state index < -0.39 is 5.91 Å². The smallest absolute Gasteiger partial charge is 0.269 e. The first-order chi connectivity index (χ1) is 13.9. The van der Waals surface area contributed by atoms with Crippen LogP contribution in [0, 0.1) is 24.7 Å². The van der Waals surface area contributed by atoms with Gasteiger partial charge in [0.05, 0.1) is 26.2 Å². The lowest BCUT2D eigenvalue weighted by Crippen LogP contribution is -2.13. The number of carbonyl (C=O) groups excluding carboxylic acids is 1. The highest BCUT2D eigenvalue weighted by Gasteiger charge is 2.23. The lowest BCUT2D eigenvalue weighted by Gasteiger charge is -2.09. The molecule has 2 heterocycles. The fourth-order valence-corrected chi connectivity index (χ4v) is 5.07. The summed E-state index contributed by atoms with van der Waals surface area (Å²) >= 11 is 14.0. The minimum Gasteiger partial charge on any atom is -0.364 e. The van der Waals surface area contributed by atoms with Gasteiger partial charge in [-0.25, -0.2) is 4.68 Å². The second-order valence-electron chi connectivity index (χ2n) is 7.11. The molecule has 0 aliphatic heterocycles. The quantitative estimate of drug-likeness (QED) is 0.515. The van der Waals surface area contributed by atoms with Gasteiger partial charge in [-0.2, -0.15) is 5.10 Å². The van der Waals surface area contributed by atoms with Crippen LogP contribution in [-0.4, -0.2) is 15.7 Å². The van der Waals surface area contributed by atoms with Crippen molar-refractivity contribution in [3.63, 3.8) is 0 Å². The fourth-order valence-electron chi connectivity index (χ4n) is 3.62. The first-order valence-electron chi connectivity index (χ1n) is 9.40. The van der Waals surface area contributed by atoms with E-state index >= 15 is 0 Å². The molecule has 1 fully saturated rings. The number of rotatable bonds is 3. The molecule has 2 N–H and O–H groups in total. The van der Waals surface area contributed by atoms with Crippen LogP contribution >= 0.6 is 34.5 Å². The molecular formula is C22H19Cl2N3OS. The minimum atomic E-state index is -0.578. The summed E-state index contributed by atoms with van der Waals surface area (Å²) in [6, 6.07) is 9.17. The molecule has 7 heteroatoms. The van der Waals surface area contributed by atoms with E-state index in [0.717, 1.165) is 15.4 Å². The van der Waals surface area contributed by atoms with Crippen LogP contribution < -0.4 is 5.73 Å². The molecule has 0 saturated heterocycles. The number of primary amides is 1. The summed E-state index contributed by atoms with van der Waals surface area (Å²) in [5.74, 6) is 6.62. The third-order valence-electron chi connectivity index (χ3n) is 5.09. The van der Waals surface area contributed by atoms with Gasteiger partial charge < -0.3 is 5.73 Å². The molecule has 0 radical (unpaired) electrons. The largest absolute Gasteiger partial charge is 0.364 e. The number of aromatic nitrogens is 2. The van der Waals surface area contributed by atoms with Crippen molar-refractivity contribution in [1.29, 1.82) is 0 Å². The van der Waals surface area contributed by atoms with Gasteiger partial charge in [-0.1, -0.05) is 47.9 Å². The molecule has 1 aliphatic carbocycles. The van der Waals surface area contributed by atoms with Crippen molar-refractivity contribution in [1.82, 2.24) is 9.78 Å². The van der Waals surface area contributed by atoms with E-state index in [0.29, 0.717) is 27.2 Å². The van der Waals surface area contributed by atoms with Gasteiger partial charge >= 0.3 is 0 Å². The van der Waals surface area contributed by atoms with E-state index in [2.05, 4.69) is 16.9 Å². The molecule has 0 bridgehead atoms. The third-order valence-corrected chi connectivity index (χ3v) is 6.63. The number of amides is 1. The summed E-state index contributed by atoms with van der Waals surface area (Å²) in [7, 11) is 0. The van der Waals surface area contributed by atoms with Crippen LogP contribution in [0.1, 0.15) is 46.6 Å². The maximum atomic E-state index is 11.9. The average molecular weight is 444 g/mol. The Labute approximate surface area is 183 Å². The number of carbonyl (C=O) groups is 1. The van der Waals surface area contributed by atoms with Gasteiger partial charge in [0.1, 0.15) is 0 Å². The van der Waals surface area contributed by atoms with Gasteiger partial charge in [-0.3, -0.25) is 4.79 Å². The van der Waals surface area contributed by atoms with Crippen molar-refractivity contribution >= 4 is 40.4 Å². The van der Waals surface area contributed by atoms with Crippen molar-refractivity contribution in [2.24, 2.45) is 11.7 Å². The molecule has 148 valence electrons. The molecule has 0 atom stereocenters. The summed E-state index contributed by atoms with van der Waals surface area (Å²) in [6.07, 6.45) is 4.92. The van der Waals surface area contributed by atoms with Crippen molar-refractivity contribution < 1.29 is 4.79 Å². The average Bonchev–Trinajstić information content (AvgIpc) is 3.39. The molecule has 1 aromatic carbocycles. The van der Waals surface area contributed by atoms with E-state index in [1.165, 1.54) is 25.7 Å². The van der Waals surface area contributed by atoms with Crippen molar-refractivity contribution in [2.75, 3.05) is 0 Å². The Kier molecular flexibility index (Phi) is 5.69. The van der Waals surface area contributed by atoms with Crippen molar-refractivity contribution in [3.8, 4) is 28.1 Å². The van der Waals surface area contributed by atoms with Gasteiger partial charge in [0, 0.05) is 16.5 Å². The Morgan fingerprint density at radius 1 is 1.24 bits per heavy atom. The number of hydrogen-bond donors (Lipinski definition) is 1. The lowest BCUT2D eigenvalue weighted by molar-refractivity contribution is 0.0994. The van der Waals surface area contributed by atoms with Crippen LogP contribution in [0.4, 0.5) is 0 Å². The van der Waals surface area contributed by atoms with Crippen molar-refractivity contribution in [2.45, 2.75) is 32.6 Å². The molecule has 1 saturated carbocycles. The standard InChI is InChI=1S/C22H19Cl2N3OS/c1-13-20(22(25)28)26-27(18-10-7-15(23)12-17(18)24)21(13)19-11-9-16(29-19)8-6-14-4-2-3-5-14/h7,9-12,14H,2-5H2,1H3,(H2,25,28). The van der Waals surface area contributed by atoms with E-state index in [-0.39, 0.29) is 5.69 Å². The van der Waals surface area contributed by atoms with Gasteiger partial charge in [-0.05, 0) is 50.1 Å². The SMILES string of the molecule is Cc1c(C(N)=O)nn(-c2ccc(Cl)cc2Cl)c1-c1ccc(C#CC2CCCC2)s1. The molecule has 29 heavy (non-hydrogen) atoms. The highest BCUT2D eigenvalue weighted by Crippen LogP contribution is 2.36. The molecule has 3 aromatic rings. The molecule has 4 nitrogen and oxygen atoms in total. The predicted molar refractivity (Wildman–Crippen MR) is 119 cm³/mol. The lowest BCUT2D eigenvalue weighted by atomic mass is 10.1. The van der Waals surface area contributed by atoms with Crippen molar-refractivity contribution in [3.05, 3.63) is 56.5 Å². The Morgan fingerprint density at radius 3 is 2.69 bits per heavy atom. The van der Waals surface area contributed by atoms with Gasteiger partial charge in [0.15, 0.2) is 5.69 Å². The number of benzene rings is 1. The third kappa shape index (κ3) is 4.06. The zero-order chi connectivity index (χ0) is 20.5. The second kappa shape index (κ2) is 8.23. The number of thiophene rings is 1. The molecular weight excluding hydrogens is 425 g/mol. The summed E-state index contributed by atoms with van der Waals surface area (Å²) in [5.41, 5.74) is 7.89. The van der Waals surface area contributed by atoms with Crippen LogP contribution in [0.25, 0.3) is 16.3 Å². The molecule has 2 aromatic heterocycles. The van der Waals surface area contributed by atoms with Crippen LogP contribution in [0.2, 0.25) is 10.0 Å². The maximum absolute atomic E-state index is 11.9. The van der Waals surface area contributed by atoms with Crippen LogP contribution in [-0.2, 0) is 0 Å². The highest BCUT2D eigenvalue weighted by molar-refractivity contribution is 7.16. The van der Waals surface area contributed by atoms with Crippen LogP contribution in [0.3, 0.4) is 0 Å². The molecule has 1 aliphatic rings. The predicted octanol–water partition coefficient (Wildman–Crippen LogP) is 5.86. The van der Waals surface area contributed by atoms with Crippen LogP contribution in [0.5, 0.6) is 0 Å². The normalized spacial score (nSPS) is 14.0. The zero-order valence-corrected chi connectivity index (χ0v) is 18.2. The number of halogens is 2. The summed E-state index contributed by atoms with van der Waals surface area (Å²) < 4.78 is 1.66. The van der Waals surface area contributed by atoms with Gasteiger partial charge in [0.2, 0.25) is 0 Å². The fraction of sp³-hybridized carbons (Fsp3) is 0.273. The molecule has 0 spiro atoms. The van der Waals surface area contributed by atoms with Gasteiger partial charge in [-0.15, -0.1) is 11.3 Å². The monoisotopic (exact) mass is 443 g/mol. The Balaban J connectivity index is 1.80. The van der Waals surface area contributed by atoms with E-state index in [4.69, 9.17) is 28.9 Å². The van der Waals surface area contributed by atoms with Gasteiger partial charge in [0.25, 0.3) is 5.91 Å². The Bertz CT molecular complexity index is 1150. The molecule has 4 rings (SSSR count). The van der Waals surface area contributed by atoms with Crippen LogP contribution in [0.15, 0.2) is 30.3 Å². The Morgan fingerprint density at radius 2 is 2.00 bits per heavy atom. The Hall–Kier alpha value is -2.26. The summed E-state index contributed by atoms with van der Waals surface area (Å²) in [5, 5.41) is 5.42. The summed E-state index contributed by atoms with van der Waals surface area (Å²) in [4.78, 5) is 13.9. The first kappa shape index (κ1) is 20.0. The minimum absolute atomic E-state index is 0.220. The number of hydrogen-bond acceptors (Lipinski definition) is 3. The van der Waals surface area contributed by atoms with E-state index in [9.17, 15) is 4.79 Å². The zero-order valence-electron chi connectivity index (χ0n) is 15.8. The van der Waals surface area contributed by atoms with E-state index in [1.54, 1.807) is 34.2 Å². The van der Waals surface area contributed by atoms with E-state index in [1.807, 2.05) is 19.1 Å². The summed E-state index contributed by atoms with van der Waals surface area (Å²) in [6.45, 7) is 1.84. The number of nitrogens with two attached hydrogens (primary N) is 1. The molecule has 0 unspecified atom stereocenters.